The highest BCUT2D eigenvalue weighted by atomic mass is 35.5. The van der Waals surface area contributed by atoms with Gasteiger partial charge in [0.05, 0.1) is 6.04 Å². The maximum atomic E-state index is 13.7. The van der Waals surface area contributed by atoms with Gasteiger partial charge < -0.3 is 10.1 Å². The molecule has 1 aliphatic rings. The lowest BCUT2D eigenvalue weighted by Gasteiger charge is -2.38. The molecule has 0 saturated carbocycles. The Kier molecular flexibility index (Phi) is 3.98. The Morgan fingerprint density at radius 1 is 1.41 bits per heavy atom. The predicted molar refractivity (Wildman–Crippen MR) is 64.7 cm³/mol. The predicted octanol–water partition coefficient (Wildman–Crippen LogP) is 3.05. The van der Waals surface area contributed by atoms with E-state index in [9.17, 15) is 9.18 Å². The second kappa shape index (κ2) is 4.92. The standard InChI is InChI=1S/C12H14FNO2.ClH/c1-12(2)7-16-11(15)14-10(12)8-5-3-4-6-9(8)13;/h3-6,10H,7H2,1-2H3,(H,14,15);1H/t10-;/m0./s1. The Morgan fingerprint density at radius 2 is 2.06 bits per heavy atom. The van der Waals surface area contributed by atoms with Gasteiger partial charge in [-0.1, -0.05) is 32.0 Å². The van der Waals surface area contributed by atoms with Crippen molar-refractivity contribution >= 4 is 18.5 Å². The summed E-state index contributed by atoms with van der Waals surface area (Å²) in [7, 11) is 0. The SMILES string of the molecule is CC1(C)COC(=O)N[C@H]1c1ccccc1F.Cl. The number of nitrogens with one attached hydrogen (secondary N) is 1. The van der Waals surface area contributed by atoms with E-state index in [4.69, 9.17) is 4.74 Å². The molecule has 0 bridgehead atoms. The number of benzene rings is 1. The Bertz CT molecular complexity index is 423. The maximum Gasteiger partial charge on any atom is 0.407 e. The molecule has 1 atom stereocenters. The van der Waals surface area contributed by atoms with Gasteiger partial charge in [0.25, 0.3) is 0 Å². The van der Waals surface area contributed by atoms with E-state index in [1.165, 1.54) is 6.07 Å². The Balaban J connectivity index is 0.00000144. The van der Waals surface area contributed by atoms with Gasteiger partial charge in [-0.2, -0.15) is 0 Å². The summed E-state index contributed by atoms with van der Waals surface area (Å²) in [5, 5.41) is 2.66. The van der Waals surface area contributed by atoms with Crippen LogP contribution in [0.4, 0.5) is 9.18 Å². The zero-order valence-electron chi connectivity index (χ0n) is 9.70. The molecule has 1 aromatic carbocycles. The molecule has 1 aliphatic heterocycles. The molecule has 1 heterocycles. The van der Waals surface area contributed by atoms with E-state index >= 15 is 0 Å². The molecule has 1 fully saturated rings. The molecule has 17 heavy (non-hydrogen) atoms. The summed E-state index contributed by atoms with van der Waals surface area (Å²) >= 11 is 0. The fourth-order valence-electron chi connectivity index (χ4n) is 1.90. The van der Waals surface area contributed by atoms with Crippen LogP contribution in [0.15, 0.2) is 24.3 Å². The molecule has 1 saturated heterocycles. The van der Waals surface area contributed by atoms with Crippen LogP contribution in [0, 0.1) is 11.2 Å². The van der Waals surface area contributed by atoms with Gasteiger partial charge in [0.2, 0.25) is 0 Å². The van der Waals surface area contributed by atoms with Crippen LogP contribution in [-0.2, 0) is 4.74 Å². The van der Waals surface area contributed by atoms with E-state index in [1.807, 2.05) is 13.8 Å². The third kappa shape index (κ3) is 2.69. The van der Waals surface area contributed by atoms with Crippen LogP contribution in [-0.4, -0.2) is 12.7 Å². The van der Waals surface area contributed by atoms with Crippen molar-refractivity contribution in [3.8, 4) is 0 Å². The number of carbonyl (C=O) groups excluding carboxylic acids is 1. The highest BCUT2D eigenvalue weighted by Crippen LogP contribution is 2.37. The summed E-state index contributed by atoms with van der Waals surface area (Å²) in [4.78, 5) is 11.2. The monoisotopic (exact) mass is 259 g/mol. The lowest BCUT2D eigenvalue weighted by atomic mass is 9.80. The molecular formula is C12H15ClFNO2. The molecule has 2 rings (SSSR count). The third-order valence-electron chi connectivity index (χ3n) is 2.84. The van der Waals surface area contributed by atoms with Gasteiger partial charge >= 0.3 is 6.09 Å². The molecule has 0 unspecified atom stereocenters. The molecule has 0 aromatic heterocycles. The van der Waals surface area contributed by atoms with Crippen molar-refractivity contribution in [2.45, 2.75) is 19.9 Å². The number of halogens is 2. The van der Waals surface area contributed by atoms with Crippen molar-refractivity contribution in [2.24, 2.45) is 5.41 Å². The molecule has 0 spiro atoms. The van der Waals surface area contributed by atoms with Crippen LogP contribution in [0.1, 0.15) is 25.5 Å². The first-order valence-corrected chi connectivity index (χ1v) is 5.18. The van der Waals surface area contributed by atoms with Crippen molar-refractivity contribution in [1.82, 2.24) is 5.32 Å². The smallest absolute Gasteiger partial charge is 0.407 e. The first-order chi connectivity index (χ1) is 7.50. The van der Waals surface area contributed by atoms with Crippen molar-refractivity contribution < 1.29 is 13.9 Å². The summed E-state index contributed by atoms with van der Waals surface area (Å²) in [6.07, 6.45) is -0.493. The number of rotatable bonds is 1. The highest BCUT2D eigenvalue weighted by molar-refractivity contribution is 5.85. The summed E-state index contributed by atoms with van der Waals surface area (Å²) in [5.41, 5.74) is 0.181. The minimum absolute atomic E-state index is 0. The van der Waals surface area contributed by atoms with E-state index in [1.54, 1.807) is 18.2 Å². The molecule has 1 aromatic rings. The molecular weight excluding hydrogens is 245 g/mol. The molecule has 94 valence electrons. The van der Waals surface area contributed by atoms with Crippen molar-refractivity contribution in [3.05, 3.63) is 35.6 Å². The summed E-state index contributed by atoms with van der Waals surface area (Å²) in [6, 6.07) is 6.12. The molecule has 5 heteroatoms. The first-order valence-electron chi connectivity index (χ1n) is 5.18. The van der Waals surface area contributed by atoms with E-state index in [0.717, 1.165) is 0 Å². The van der Waals surface area contributed by atoms with Crippen LogP contribution in [0.3, 0.4) is 0 Å². The van der Waals surface area contributed by atoms with Crippen LogP contribution < -0.4 is 5.32 Å². The fraction of sp³-hybridized carbons (Fsp3) is 0.417. The molecule has 3 nitrogen and oxygen atoms in total. The number of hydrogen-bond donors (Lipinski definition) is 1. The number of ether oxygens (including phenoxy) is 1. The number of carbonyl (C=O) groups is 1. The van der Waals surface area contributed by atoms with Crippen LogP contribution in [0.2, 0.25) is 0 Å². The number of alkyl carbamates (subject to hydrolysis) is 1. The fourth-order valence-corrected chi connectivity index (χ4v) is 1.90. The minimum Gasteiger partial charge on any atom is -0.449 e. The van der Waals surface area contributed by atoms with Gasteiger partial charge in [-0.25, -0.2) is 9.18 Å². The zero-order chi connectivity index (χ0) is 11.8. The lowest BCUT2D eigenvalue weighted by Crippen LogP contribution is -2.47. The molecule has 0 radical (unpaired) electrons. The van der Waals surface area contributed by atoms with Gasteiger partial charge in [-0.3, -0.25) is 0 Å². The van der Waals surface area contributed by atoms with Gasteiger partial charge in [-0.05, 0) is 6.07 Å². The van der Waals surface area contributed by atoms with E-state index in [-0.39, 0.29) is 36.3 Å². The zero-order valence-corrected chi connectivity index (χ0v) is 10.5. The van der Waals surface area contributed by atoms with Gasteiger partial charge in [-0.15, -0.1) is 12.4 Å². The Morgan fingerprint density at radius 3 is 2.71 bits per heavy atom. The van der Waals surface area contributed by atoms with E-state index in [2.05, 4.69) is 5.32 Å². The molecule has 1 N–H and O–H groups in total. The largest absolute Gasteiger partial charge is 0.449 e. The van der Waals surface area contributed by atoms with Gasteiger partial charge in [0.1, 0.15) is 12.4 Å². The maximum absolute atomic E-state index is 13.7. The summed E-state index contributed by atoms with van der Waals surface area (Å²) in [6.45, 7) is 4.16. The molecule has 1 amide bonds. The van der Waals surface area contributed by atoms with Gasteiger partial charge in [0.15, 0.2) is 0 Å². The topological polar surface area (TPSA) is 38.3 Å². The second-order valence-electron chi connectivity index (χ2n) is 4.66. The molecule has 0 aliphatic carbocycles. The Hall–Kier alpha value is -1.29. The first kappa shape index (κ1) is 13.8. The minimum atomic E-state index is -0.493. The van der Waals surface area contributed by atoms with Crippen molar-refractivity contribution in [2.75, 3.05) is 6.61 Å². The summed E-state index contributed by atoms with van der Waals surface area (Å²) < 4.78 is 18.6. The number of hydrogen-bond acceptors (Lipinski definition) is 2. The normalized spacial score (nSPS) is 22.1. The highest BCUT2D eigenvalue weighted by Gasteiger charge is 2.38. The average molecular weight is 260 g/mol. The van der Waals surface area contributed by atoms with Crippen LogP contribution >= 0.6 is 12.4 Å². The second-order valence-corrected chi connectivity index (χ2v) is 4.66. The third-order valence-corrected chi connectivity index (χ3v) is 2.84. The van der Waals surface area contributed by atoms with E-state index in [0.29, 0.717) is 5.56 Å². The van der Waals surface area contributed by atoms with Crippen LogP contribution in [0.25, 0.3) is 0 Å². The number of amides is 1. The van der Waals surface area contributed by atoms with Crippen molar-refractivity contribution in [3.63, 3.8) is 0 Å². The van der Waals surface area contributed by atoms with Crippen molar-refractivity contribution in [1.29, 1.82) is 0 Å². The summed E-state index contributed by atoms with van der Waals surface area (Å²) in [5.74, 6) is -0.303. The van der Waals surface area contributed by atoms with E-state index < -0.39 is 6.09 Å². The lowest BCUT2D eigenvalue weighted by molar-refractivity contribution is 0.0378. The average Bonchev–Trinajstić information content (AvgIpc) is 2.23. The Labute approximate surface area is 106 Å². The quantitative estimate of drug-likeness (QED) is 0.842. The van der Waals surface area contributed by atoms with Crippen LogP contribution in [0.5, 0.6) is 0 Å². The van der Waals surface area contributed by atoms with Gasteiger partial charge in [0, 0.05) is 11.0 Å². The number of cyclic esters (lactones) is 1.